The number of piperidine rings is 1. The lowest BCUT2D eigenvalue weighted by Gasteiger charge is -2.24. The minimum Gasteiger partial charge on any atom is -0.465 e. The van der Waals surface area contributed by atoms with Gasteiger partial charge in [-0.2, -0.15) is 0 Å². The smallest absolute Gasteiger partial charge is 0.284 e. The second kappa shape index (κ2) is 5.20. The normalized spacial score (nSPS) is 27.7. The fourth-order valence-corrected chi connectivity index (χ4v) is 1.90. The monoisotopic (exact) mass is 197 g/mol. The van der Waals surface area contributed by atoms with Gasteiger partial charge in [-0.3, -0.25) is 0 Å². The first-order valence-corrected chi connectivity index (χ1v) is 5.57. The van der Waals surface area contributed by atoms with Gasteiger partial charge in [0.15, 0.2) is 0 Å². The Kier molecular flexibility index (Phi) is 3.63. The second-order valence-corrected chi connectivity index (χ2v) is 3.98. The van der Waals surface area contributed by atoms with Crippen LogP contribution in [-0.2, 0) is 4.74 Å². The Balaban J connectivity index is 1.67. The van der Waals surface area contributed by atoms with Crippen LogP contribution in [0.2, 0.25) is 0 Å². The molecule has 1 atom stereocenters. The minimum absolute atomic E-state index is 0.733. The number of amidine groups is 1. The highest BCUT2D eigenvalue weighted by molar-refractivity contribution is 5.73. The molecule has 14 heavy (non-hydrogen) atoms. The van der Waals surface area contributed by atoms with Gasteiger partial charge in [-0.1, -0.05) is 0 Å². The van der Waals surface area contributed by atoms with Crippen molar-refractivity contribution in [1.82, 2.24) is 10.6 Å². The average Bonchev–Trinajstić information content (AvgIpc) is 2.29. The van der Waals surface area contributed by atoms with Crippen molar-refractivity contribution in [2.45, 2.75) is 19.3 Å². The van der Waals surface area contributed by atoms with Crippen molar-refractivity contribution in [1.29, 1.82) is 0 Å². The maximum Gasteiger partial charge on any atom is 0.284 e. The van der Waals surface area contributed by atoms with E-state index in [1.54, 1.807) is 0 Å². The number of hydrogen-bond donors (Lipinski definition) is 2. The van der Waals surface area contributed by atoms with E-state index in [0.717, 1.165) is 44.6 Å². The summed E-state index contributed by atoms with van der Waals surface area (Å²) in [6, 6.07) is 0.752. The van der Waals surface area contributed by atoms with E-state index < -0.39 is 0 Å². The van der Waals surface area contributed by atoms with Crippen LogP contribution in [0.4, 0.5) is 0 Å². The van der Waals surface area contributed by atoms with Crippen molar-refractivity contribution in [2.24, 2.45) is 10.9 Å². The van der Waals surface area contributed by atoms with E-state index in [1.165, 1.54) is 19.4 Å². The Labute approximate surface area is 85.1 Å². The highest BCUT2D eigenvalue weighted by Gasteiger charge is 2.14. The van der Waals surface area contributed by atoms with E-state index in [2.05, 4.69) is 15.6 Å². The summed E-state index contributed by atoms with van der Waals surface area (Å²) in [5.41, 5.74) is 0. The van der Waals surface area contributed by atoms with Gasteiger partial charge in [0.25, 0.3) is 6.02 Å². The standard InChI is InChI=1S/C10H19N3O/c1-3-9(7-11-4-1)8-13-10-12-5-2-6-14-10/h9,11H,1-8H2,(H,12,13). The SMILES string of the molecule is C1CN=C(NCC2CCCNC2)OC1. The van der Waals surface area contributed by atoms with Gasteiger partial charge < -0.3 is 15.4 Å². The molecular formula is C10H19N3O. The quantitative estimate of drug-likeness (QED) is 0.671. The lowest BCUT2D eigenvalue weighted by molar-refractivity contribution is 0.261. The van der Waals surface area contributed by atoms with Crippen LogP contribution in [0.25, 0.3) is 0 Å². The topological polar surface area (TPSA) is 45.7 Å². The van der Waals surface area contributed by atoms with E-state index in [0.29, 0.717) is 0 Å². The molecule has 1 fully saturated rings. The highest BCUT2D eigenvalue weighted by Crippen LogP contribution is 2.08. The first kappa shape index (κ1) is 9.77. The highest BCUT2D eigenvalue weighted by atomic mass is 16.5. The number of aliphatic imine (C=N–C) groups is 1. The molecule has 2 rings (SSSR count). The zero-order chi connectivity index (χ0) is 9.64. The lowest BCUT2D eigenvalue weighted by atomic mass is 10.00. The average molecular weight is 197 g/mol. The summed E-state index contributed by atoms with van der Waals surface area (Å²) >= 11 is 0. The van der Waals surface area contributed by atoms with E-state index in [-0.39, 0.29) is 0 Å². The lowest BCUT2D eigenvalue weighted by Crippen LogP contribution is -2.39. The molecule has 0 aromatic carbocycles. The van der Waals surface area contributed by atoms with Gasteiger partial charge in [0.05, 0.1) is 6.61 Å². The fraction of sp³-hybridized carbons (Fsp3) is 0.900. The minimum atomic E-state index is 0.733. The number of nitrogens with zero attached hydrogens (tertiary/aromatic N) is 1. The van der Waals surface area contributed by atoms with E-state index in [1.807, 2.05) is 0 Å². The Bertz CT molecular complexity index is 200. The van der Waals surface area contributed by atoms with Crippen LogP contribution < -0.4 is 10.6 Å². The van der Waals surface area contributed by atoms with Crippen LogP contribution in [0.1, 0.15) is 19.3 Å². The molecule has 0 saturated carbocycles. The maximum absolute atomic E-state index is 5.39. The Morgan fingerprint density at radius 1 is 1.50 bits per heavy atom. The van der Waals surface area contributed by atoms with Gasteiger partial charge in [0.1, 0.15) is 0 Å². The molecule has 0 aromatic heterocycles. The predicted molar refractivity (Wildman–Crippen MR) is 56.5 cm³/mol. The number of rotatable bonds is 2. The molecule has 0 aliphatic carbocycles. The van der Waals surface area contributed by atoms with Gasteiger partial charge in [0, 0.05) is 19.5 Å². The van der Waals surface area contributed by atoms with Crippen molar-refractivity contribution < 1.29 is 4.74 Å². The van der Waals surface area contributed by atoms with Crippen LogP contribution >= 0.6 is 0 Å². The second-order valence-electron chi connectivity index (χ2n) is 3.98. The summed E-state index contributed by atoms with van der Waals surface area (Å²) in [6.45, 7) is 5.01. The van der Waals surface area contributed by atoms with Gasteiger partial charge in [-0.25, -0.2) is 4.99 Å². The molecule has 1 unspecified atom stereocenters. The van der Waals surface area contributed by atoms with E-state index >= 15 is 0 Å². The molecule has 80 valence electrons. The van der Waals surface area contributed by atoms with Crippen LogP contribution in [0.15, 0.2) is 4.99 Å². The van der Waals surface area contributed by atoms with Crippen molar-refractivity contribution >= 4 is 6.02 Å². The molecule has 0 bridgehead atoms. The van der Waals surface area contributed by atoms with E-state index in [4.69, 9.17) is 4.74 Å². The molecule has 0 radical (unpaired) electrons. The first-order chi connectivity index (χ1) is 6.95. The van der Waals surface area contributed by atoms with Gasteiger partial charge in [-0.05, 0) is 31.8 Å². The third-order valence-corrected chi connectivity index (χ3v) is 2.74. The van der Waals surface area contributed by atoms with Crippen molar-refractivity contribution in [3.05, 3.63) is 0 Å². The van der Waals surface area contributed by atoms with Gasteiger partial charge in [-0.15, -0.1) is 0 Å². The summed E-state index contributed by atoms with van der Waals surface area (Å²) in [5, 5.41) is 6.68. The molecule has 4 heteroatoms. The van der Waals surface area contributed by atoms with Crippen molar-refractivity contribution in [3.8, 4) is 0 Å². The van der Waals surface area contributed by atoms with Crippen LogP contribution in [0.3, 0.4) is 0 Å². The molecule has 0 amide bonds. The zero-order valence-corrected chi connectivity index (χ0v) is 8.59. The third kappa shape index (κ3) is 2.87. The summed E-state index contributed by atoms with van der Waals surface area (Å²) < 4.78 is 5.39. The molecule has 0 aromatic rings. The molecule has 0 spiro atoms. The third-order valence-electron chi connectivity index (χ3n) is 2.74. The van der Waals surface area contributed by atoms with Crippen LogP contribution in [0.5, 0.6) is 0 Å². The molecule has 1 saturated heterocycles. The van der Waals surface area contributed by atoms with Crippen LogP contribution in [-0.4, -0.2) is 38.8 Å². The number of nitrogens with one attached hydrogen (secondary N) is 2. The van der Waals surface area contributed by atoms with Gasteiger partial charge >= 0.3 is 0 Å². The first-order valence-electron chi connectivity index (χ1n) is 5.57. The van der Waals surface area contributed by atoms with Crippen LogP contribution in [0, 0.1) is 5.92 Å². The van der Waals surface area contributed by atoms with Crippen molar-refractivity contribution in [2.75, 3.05) is 32.8 Å². The number of ether oxygens (including phenoxy) is 1. The summed E-state index contributed by atoms with van der Waals surface area (Å²) in [5.74, 6) is 0.733. The van der Waals surface area contributed by atoms with Crippen molar-refractivity contribution in [3.63, 3.8) is 0 Å². The maximum atomic E-state index is 5.39. The molecule has 2 aliphatic rings. The molecule has 4 nitrogen and oxygen atoms in total. The largest absolute Gasteiger partial charge is 0.465 e. The Morgan fingerprint density at radius 2 is 2.50 bits per heavy atom. The number of hydrogen-bond acceptors (Lipinski definition) is 4. The van der Waals surface area contributed by atoms with E-state index in [9.17, 15) is 0 Å². The Morgan fingerprint density at radius 3 is 3.21 bits per heavy atom. The summed E-state index contributed by atoms with van der Waals surface area (Å²) in [7, 11) is 0. The van der Waals surface area contributed by atoms with Gasteiger partial charge in [0.2, 0.25) is 0 Å². The summed E-state index contributed by atoms with van der Waals surface area (Å²) in [6.07, 6.45) is 3.66. The molecular weight excluding hydrogens is 178 g/mol. The summed E-state index contributed by atoms with van der Waals surface area (Å²) in [4.78, 5) is 4.28. The Hall–Kier alpha value is -0.770. The fourth-order valence-electron chi connectivity index (χ4n) is 1.90. The molecule has 2 N–H and O–H groups in total. The molecule has 2 heterocycles. The molecule has 2 aliphatic heterocycles. The predicted octanol–water partition coefficient (Wildman–Crippen LogP) is 0.352. The zero-order valence-electron chi connectivity index (χ0n) is 8.59.